The van der Waals surface area contributed by atoms with Gasteiger partial charge in [-0.25, -0.2) is 4.79 Å². The molecule has 0 unspecified atom stereocenters. The Labute approximate surface area is 168 Å². The Hall–Kier alpha value is -2.87. The molecule has 1 aliphatic rings. The van der Waals surface area contributed by atoms with E-state index in [9.17, 15) is 13.6 Å². The zero-order valence-electron chi connectivity index (χ0n) is 16.8. The Morgan fingerprint density at radius 1 is 1.24 bits per heavy atom. The van der Waals surface area contributed by atoms with Crippen LogP contribution in [0.3, 0.4) is 0 Å². The van der Waals surface area contributed by atoms with Crippen molar-refractivity contribution in [2.45, 2.75) is 38.8 Å². The molecule has 0 saturated heterocycles. The number of carbonyl (C=O) groups is 1. The molecule has 1 N–H and O–H groups in total. The van der Waals surface area contributed by atoms with E-state index in [0.717, 1.165) is 11.6 Å². The summed E-state index contributed by atoms with van der Waals surface area (Å²) < 4.78 is 38.1. The number of amides is 1. The van der Waals surface area contributed by atoms with Gasteiger partial charge in [-0.05, 0) is 57.0 Å². The minimum atomic E-state index is -0.886. The van der Waals surface area contributed by atoms with Gasteiger partial charge in [0.2, 0.25) is 11.9 Å². The lowest BCUT2D eigenvalue weighted by molar-refractivity contribution is 0.0543. The van der Waals surface area contributed by atoms with Gasteiger partial charge in [0.05, 0.1) is 6.61 Å². The first-order valence-corrected chi connectivity index (χ1v) is 9.15. The second-order valence-electron chi connectivity index (χ2n) is 8.01. The number of pyridine rings is 1. The molecule has 0 fully saturated rings. The SMILES string of the molecule is CC(C)(C)OC(=O)NC1=N[C@@](C)(c2cccc(-c3ccc(F)nc3F)c2)COC1. The first-order chi connectivity index (χ1) is 13.6. The molecule has 0 spiro atoms. The lowest BCUT2D eigenvalue weighted by atomic mass is 9.90. The maximum absolute atomic E-state index is 14.1. The van der Waals surface area contributed by atoms with E-state index in [4.69, 9.17) is 9.47 Å². The number of hydrogen-bond acceptors (Lipinski definition) is 5. The highest BCUT2D eigenvalue weighted by Gasteiger charge is 2.32. The van der Waals surface area contributed by atoms with Gasteiger partial charge in [-0.3, -0.25) is 10.3 Å². The molecule has 0 saturated carbocycles. The average molecular weight is 403 g/mol. The smallest absolute Gasteiger partial charge is 0.413 e. The fourth-order valence-electron chi connectivity index (χ4n) is 2.99. The number of benzene rings is 1. The van der Waals surface area contributed by atoms with Gasteiger partial charge in [-0.15, -0.1) is 0 Å². The number of aromatic nitrogens is 1. The predicted octanol–water partition coefficient (Wildman–Crippen LogP) is 4.20. The van der Waals surface area contributed by atoms with Crippen LogP contribution in [0.25, 0.3) is 11.1 Å². The van der Waals surface area contributed by atoms with Crippen LogP contribution in [-0.4, -0.2) is 35.7 Å². The van der Waals surface area contributed by atoms with E-state index < -0.39 is 29.1 Å². The zero-order valence-corrected chi connectivity index (χ0v) is 16.8. The van der Waals surface area contributed by atoms with Crippen molar-refractivity contribution < 1.29 is 23.0 Å². The summed E-state index contributed by atoms with van der Waals surface area (Å²) in [6.07, 6.45) is -0.614. The molecule has 29 heavy (non-hydrogen) atoms. The van der Waals surface area contributed by atoms with Crippen molar-refractivity contribution in [2.75, 3.05) is 13.2 Å². The van der Waals surface area contributed by atoms with E-state index >= 15 is 0 Å². The highest BCUT2D eigenvalue weighted by atomic mass is 19.1. The monoisotopic (exact) mass is 403 g/mol. The largest absolute Gasteiger partial charge is 0.444 e. The molecule has 1 aromatic carbocycles. The van der Waals surface area contributed by atoms with E-state index in [2.05, 4.69) is 15.3 Å². The van der Waals surface area contributed by atoms with Crippen LogP contribution in [0.5, 0.6) is 0 Å². The number of carbonyl (C=O) groups excluding carboxylic acids is 1. The molecule has 2 aromatic rings. The van der Waals surface area contributed by atoms with Crippen molar-refractivity contribution in [3.8, 4) is 11.1 Å². The minimum Gasteiger partial charge on any atom is -0.444 e. The molecule has 1 amide bonds. The van der Waals surface area contributed by atoms with Crippen LogP contribution in [0.4, 0.5) is 13.6 Å². The first kappa shape index (κ1) is 20.9. The Kier molecular flexibility index (Phi) is 5.66. The number of ether oxygens (including phenoxy) is 2. The van der Waals surface area contributed by atoms with E-state index in [1.54, 1.807) is 39.0 Å². The van der Waals surface area contributed by atoms with E-state index in [-0.39, 0.29) is 18.8 Å². The molecule has 2 heterocycles. The van der Waals surface area contributed by atoms with Gasteiger partial charge in [0, 0.05) is 5.56 Å². The summed E-state index contributed by atoms with van der Waals surface area (Å²) in [4.78, 5) is 19.9. The fraction of sp³-hybridized carbons (Fsp3) is 0.381. The van der Waals surface area contributed by atoms with Crippen LogP contribution < -0.4 is 5.32 Å². The summed E-state index contributed by atoms with van der Waals surface area (Å²) >= 11 is 0. The molecule has 8 heteroatoms. The van der Waals surface area contributed by atoms with Crippen LogP contribution in [0.15, 0.2) is 41.4 Å². The molecular weight excluding hydrogens is 380 g/mol. The van der Waals surface area contributed by atoms with Crippen molar-refractivity contribution in [3.05, 3.63) is 53.9 Å². The molecule has 1 aromatic heterocycles. The van der Waals surface area contributed by atoms with Gasteiger partial charge in [0.1, 0.15) is 23.6 Å². The normalized spacial score (nSPS) is 19.4. The Morgan fingerprint density at radius 3 is 2.69 bits per heavy atom. The van der Waals surface area contributed by atoms with Gasteiger partial charge >= 0.3 is 6.09 Å². The van der Waals surface area contributed by atoms with Gasteiger partial charge < -0.3 is 9.47 Å². The third-order valence-corrected chi connectivity index (χ3v) is 4.26. The molecule has 3 rings (SSSR count). The summed E-state index contributed by atoms with van der Waals surface area (Å²) in [6.45, 7) is 7.58. The molecular formula is C21H23F2N3O3. The standard InChI is InChI=1S/C21H23F2N3O3/c1-20(2,3)29-19(27)25-17-11-28-12-21(4,26-17)14-7-5-6-13(10-14)15-8-9-16(22)24-18(15)23/h5-10H,11-12H2,1-4H3,(H,25,26,27)/t21-/m1/s1. The molecule has 0 aliphatic carbocycles. The number of alkyl carbamates (subject to hydrolysis) is 1. The van der Waals surface area contributed by atoms with E-state index in [1.807, 2.05) is 13.0 Å². The summed E-state index contributed by atoms with van der Waals surface area (Å²) in [7, 11) is 0. The summed E-state index contributed by atoms with van der Waals surface area (Å²) in [5.41, 5.74) is 0.0378. The van der Waals surface area contributed by atoms with E-state index in [0.29, 0.717) is 11.4 Å². The number of nitrogens with zero attached hydrogens (tertiary/aromatic N) is 2. The predicted molar refractivity (Wildman–Crippen MR) is 105 cm³/mol. The second-order valence-corrected chi connectivity index (χ2v) is 8.01. The Morgan fingerprint density at radius 2 is 2.00 bits per heavy atom. The quantitative estimate of drug-likeness (QED) is 0.763. The van der Waals surface area contributed by atoms with Crippen LogP contribution in [0.2, 0.25) is 0 Å². The first-order valence-electron chi connectivity index (χ1n) is 9.15. The minimum absolute atomic E-state index is 0.144. The van der Waals surface area contributed by atoms with Gasteiger partial charge in [-0.1, -0.05) is 18.2 Å². The van der Waals surface area contributed by atoms with Crippen molar-refractivity contribution in [3.63, 3.8) is 0 Å². The molecule has 154 valence electrons. The number of amidine groups is 1. The number of aliphatic imine (C=N–C) groups is 1. The third kappa shape index (κ3) is 5.14. The van der Waals surface area contributed by atoms with Gasteiger partial charge in [-0.2, -0.15) is 13.8 Å². The number of halogens is 2. The maximum Gasteiger partial charge on any atom is 0.413 e. The Balaban J connectivity index is 1.88. The van der Waals surface area contributed by atoms with Crippen molar-refractivity contribution in [1.29, 1.82) is 0 Å². The lowest BCUT2D eigenvalue weighted by Crippen LogP contribution is -2.44. The highest BCUT2D eigenvalue weighted by molar-refractivity contribution is 5.96. The highest BCUT2D eigenvalue weighted by Crippen LogP contribution is 2.32. The molecule has 1 aliphatic heterocycles. The van der Waals surface area contributed by atoms with Crippen LogP contribution in [0, 0.1) is 11.9 Å². The molecule has 6 nitrogen and oxygen atoms in total. The molecule has 0 bridgehead atoms. The summed E-state index contributed by atoms with van der Waals surface area (Å²) in [5.74, 6) is -1.42. The maximum atomic E-state index is 14.1. The molecule has 0 radical (unpaired) electrons. The summed E-state index contributed by atoms with van der Waals surface area (Å²) in [6, 6.07) is 9.50. The van der Waals surface area contributed by atoms with Crippen molar-refractivity contribution in [1.82, 2.24) is 10.3 Å². The summed E-state index contributed by atoms with van der Waals surface area (Å²) in [5, 5.41) is 2.61. The van der Waals surface area contributed by atoms with Gasteiger partial charge in [0.15, 0.2) is 0 Å². The van der Waals surface area contributed by atoms with E-state index in [1.165, 1.54) is 6.07 Å². The molecule has 1 atom stereocenters. The fourth-order valence-corrected chi connectivity index (χ4v) is 2.99. The topological polar surface area (TPSA) is 72.8 Å². The van der Waals surface area contributed by atoms with Gasteiger partial charge in [0.25, 0.3) is 0 Å². The average Bonchev–Trinajstić information content (AvgIpc) is 2.60. The number of hydrogen-bond donors (Lipinski definition) is 1. The zero-order chi connectivity index (χ0) is 21.2. The third-order valence-electron chi connectivity index (χ3n) is 4.26. The number of rotatable bonds is 2. The van der Waals surface area contributed by atoms with Crippen LogP contribution >= 0.6 is 0 Å². The Bertz CT molecular complexity index is 956. The number of nitrogens with one attached hydrogen (secondary N) is 1. The van der Waals surface area contributed by atoms with Crippen molar-refractivity contribution >= 4 is 11.9 Å². The second kappa shape index (κ2) is 7.87. The lowest BCUT2D eigenvalue weighted by Gasteiger charge is -2.31. The van der Waals surface area contributed by atoms with Crippen LogP contribution in [-0.2, 0) is 15.0 Å². The van der Waals surface area contributed by atoms with Crippen LogP contribution in [0.1, 0.15) is 33.3 Å². The van der Waals surface area contributed by atoms with Crippen molar-refractivity contribution in [2.24, 2.45) is 4.99 Å².